The molecule has 0 heterocycles. The first-order valence-corrected chi connectivity index (χ1v) is 6.35. The molecule has 0 unspecified atom stereocenters. The SMILES string of the molecule is CCN(CC)C(=O)c1cccc2c1C=CCC2. The molecule has 2 nitrogen and oxygen atoms in total. The molecule has 0 atom stereocenters. The van der Waals surface area contributed by atoms with Crippen LogP contribution in [-0.4, -0.2) is 23.9 Å². The largest absolute Gasteiger partial charge is 0.339 e. The van der Waals surface area contributed by atoms with Gasteiger partial charge in [0.05, 0.1) is 0 Å². The van der Waals surface area contributed by atoms with Gasteiger partial charge in [-0.25, -0.2) is 0 Å². The van der Waals surface area contributed by atoms with E-state index >= 15 is 0 Å². The molecule has 1 aliphatic rings. The summed E-state index contributed by atoms with van der Waals surface area (Å²) < 4.78 is 0. The van der Waals surface area contributed by atoms with E-state index in [0.717, 1.165) is 37.1 Å². The van der Waals surface area contributed by atoms with Gasteiger partial charge in [0.15, 0.2) is 0 Å². The van der Waals surface area contributed by atoms with Crippen molar-refractivity contribution in [3.8, 4) is 0 Å². The van der Waals surface area contributed by atoms with Crippen LogP contribution in [0.4, 0.5) is 0 Å². The van der Waals surface area contributed by atoms with Gasteiger partial charge in [0, 0.05) is 18.7 Å². The van der Waals surface area contributed by atoms with Gasteiger partial charge in [0.25, 0.3) is 5.91 Å². The first kappa shape index (κ1) is 11.9. The van der Waals surface area contributed by atoms with Gasteiger partial charge >= 0.3 is 0 Å². The van der Waals surface area contributed by atoms with Gasteiger partial charge in [0.2, 0.25) is 0 Å². The van der Waals surface area contributed by atoms with E-state index in [-0.39, 0.29) is 5.91 Å². The number of fused-ring (bicyclic) bond motifs is 1. The normalized spacial score (nSPS) is 13.3. The van der Waals surface area contributed by atoms with Gasteiger partial charge in [-0.1, -0.05) is 24.3 Å². The quantitative estimate of drug-likeness (QED) is 0.779. The summed E-state index contributed by atoms with van der Waals surface area (Å²) in [5.74, 6) is 0.151. The van der Waals surface area contributed by atoms with Crippen LogP contribution in [0.5, 0.6) is 0 Å². The molecule has 1 aromatic rings. The number of allylic oxidation sites excluding steroid dienone is 1. The van der Waals surface area contributed by atoms with Gasteiger partial charge < -0.3 is 4.90 Å². The molecular weight excluding hydrogens is 210 g/mol. The van der Waals surface area contributed by atoms with E-state index in [0.29, 0.717) is 0 Å². The van der Waals surface area contributed by atoms with E-state index in [9.17, 15) is 4.79 Å². The van der Waals surface area contributed by atoms with E-state index in [1.54, 1.807) is 0 Å². The second kappa shape index (κ2) is 5.17. The maximum absolute atomic E-state index is 12.4. The molecule has 0 saturated heterocycles. The molecule has 90 valence electrons. The first-order chi connectivity index (χ1) is 8.27. The van der Waals surface area contributed by atoms with Crippen LogP contribution in [0, 0.1) is 0 Å². The molecule has 2 heteroatoms. The highest BCUT2D eigenvalue weighted by molar-refractivity contribution is 5.98. The summed E-state index contributed by atoms with van der Waals surface area (Å²) in [4.78, 5) is 14.2. The minimum absolute atomic E-state index is 0.151. The van der Waals surface area contributed by atoms with Gasteiger partial charge in [-0.15, -0.1) is 0 Å². The van der Waals surface area contributed by atoms with Crippen molar-refractivity contribution in [2.24, 2.45) is 0 Å². The first-order valence-electron chi connectivity index (χ1n) is 6.35. The van der Waals surface area contributed by atoms with Crippen LogP contribution in [-0.2, 0) is 6.42 Å². The number of hydrogen-bond donors (Lipinski definition) is 0. The topological polar surface area (TPSA) is 20.3 Å². The molecule has 0 N–H and O–H groups in total. The molecular formula is C15H19NO. The highest BCUT2D eigenvalue weighted by Gasteiger charge is 2.18. The lowest BCUT2D eigenvalue weighted by molar-refractivity contribution is 0.0772. The highest BCUT2D eigenvalue weighted by atomic mass is 16.2. The lowest BCUT2D eigenvalue weighted by Gasteiger charge is -2.21. The molecule has 1 aliphatic carbocycles. The van der Waals surface area contributed by atoms with Gasteiger partial charge in [-0.05, 0) is 43.9 Å². The third-order valence-electron chi connectivity index (χ3n) is 3.34. The Balaban J connectivity index is 2.40. The second-order valence-corrected chi connectivity index (χ2v) is 4.30. The molecule has 17 heavy (non-hydrogen) atoms. The predicted molar refractivity (Wildman–Crippen MR) is 71.0 cm³/mol. The van der Waals surface area contributed by atoms with E-state index < -0.39 is 0 Å². The average molecular weight is 229 g/mol. The molecule has 0 spiro atoms. The summed E-state index contributed by atoms with van der Waals surface area (Å²) in [6, 6.07) is 6.06. The maximum atomic E-state index is 12.4. The monoisotopic (exact) mass is 229 g/mol. The van der Waals surface area contributed by atoms with Crippen molar-refractivity contribution in [2.45, 2.75) is 26.7 Å². The van der Waals surface area contributed by atoms with Gasteiger partial charge in [-0.2, -0.15) is 0 Å². The molecule has 0 bridgehead atoms. The number of carbonyl (C=O) groups excluding carboxylic acids is 1. The summed E-state index contributed by atoms with van der Waals surface area (Å²) >= 11 is 0. The lowest BCUT2D eigenvalue weighted by atomic mass is 9.92. The zero-order chi connectivity index (χ0) is 12.3. The number of carbonyl (C=O) groups is 1. The molecule has 1 amide bonds. The second-order valence-electron chi connectivity index (χ2n) is 4.30. The van der Waals surface area contributed by atoms with Crippen LogP contribution in [0.1, 0.15) is 41.8 Å². The van der Waals surface area contributed by atoms with Crippen LogP contribution in [0.25, 0.3) is 6.08 Å². The average Bonchev–Trinajstić information content (AvgIpc) is 2.39. The zero-order valence-corrected chi connectivity index (χ0v) is 10.6. The number of nitrogens with zero attached hydrogens (tertiary/aromatic N) is 1. The molecule has 0 fully saturated rings. The van der Waals surface area contributed by atoms with Gasteiger partial charge in [-0.3, -0.25) is 4.79 Å². The molecule has 0 aliphatic heterocycles. The van der Waals surface area contributed by atoms with Crippen molar-refractivity contribution in [3.05, 3.63) is 41.0 Å². The zero-order valence-electron chi connectivity index (χ0n) is 10.6. The molecule has 0 aromatic heterocycles. The minimum Gasteiger partial charge on any atom is -0.339 e. The van der Waals surface area contributed by atoms with Crippen molar-refractivity contribution in [2.75, 3.05) is 13.1 Å². The Kier molecular flexibility index (Phi) is 3.62. The maximum Gasteiger partial charge on any atom is 0.254 e. The number of amides is 1. The fourth-order valence-corrected chi connectivity index (χ4v) is 2.34. The van der Waals surface area contributed by atoms with Crippen LogP contribution < -0.4 is 0 Å². The third kappa shape index (κ3) is 2.26. The van der Waals surface area contributed by atoms with Crippen molar-refractivity contribution >= 4 is 12.0 Å². The predicted octanol–water partition coefficient (Wildman–Crippen LogP) is 3.13. The Bertz CT molecular complexity index is 444. The molecule has 2 rings (SSSR count). The van der Waals surface area contributed by atoms with Gasteiger partial charge in [0.1, 0.15) is 0 Å². The van der Waals surface area contributed by atoms with Crippen molar-refractivity contribution in [1.29, 1.82) is 0 Å². The van der Waals surface area contributed by atoms with E-state index in [1.807, 2.05) is 30.9 Å². The Labute approximate surface area is 103 Å². The van der Waals surface area contributed by atoms with Crippen molar-refractivity contribution in [1.82, 2.24) is 4.90 Å². The summed E-state index contributed by atoms with van der Waals surface area (Å²) in [6.07, 6.45) is 6.37. The van der Waals surface area contributed by atoms with Crippen LogP contribution >= 0.6 is 0 Å². The molecule has 0 radical (unpaired) electrons. The summed E-state index contributed by atoms with van der Waals surface area (Å²) in [5.41, 5.74) is 3.27. The van der Waals surface area contributed by atoms with Crippen molar-refractivity contribution < 1.29 is 4.79 Å². The Morgan fingerprint density at radius 2 is 2.06 bits per heavy atom. The summed E-state index contributed by atoms with van der Waals surface area (Å²) in [5, 5.41) is 0. The van der Waals surface area contributed by atoms with E-state index in [1.165, 1.54) is 5.56 Å². The number of benzene rings is 1. The minimum atomic E-state index is 0.151. The van der Waals surface area contributed by atoms with Crippen LogP contribution in [0.15, 0.2) is 24.3 Å². The fraction of sp³-hybridized carbons (Fsp3) is 0.400. The highest BCUT2D eigenvalue weighted by Crippen LogP contribution is 2.23. The van der Waals surface area contributed by atoms with E-state index in [2.05, 4.69) is 18.2 Å². The number of rotatable bonds is 3. The van der Waals surface area contributed by atoms with Crippen molar-refractivity contribution in [3.63, 3.8) is 0 Å². The fourth-order valence-electron chi connectivity index (χ4n) is 2.34. The summed E-state index contributed by atoms with van der Waals surface area (Å²) in [6.45, 7) is 5.57. The Hall–Kier alpha value is -1.57. The lowest BCUT2D eigenvalue weighted by Crippen LogP contribution is -2.31. The number of hydrogen-bond acceptors (Lipinski definition) is 1. The molecule has 0 saturated carbocycles. The molecule has 1 aromatic carbocycles. The van der Waals surface area contributed by atoms with E-state index in [4.69, 9.17) is 0 Å². The Morgan fingerprint density at radius 3 is 2.76 bits per heavy atom. The third-order valence-corrected chi connectivity index (χ3v) is 3.34. The number of aryl methyl sites for hydroxylation is 1. The van der Waals surface area contributed by atoms with Crippen LogP contribution in [0.2, 0.25) is 0 Å². The smallest absolute Gasteiger partial charge is 0.254 e. The standard InChI is InChI=1S/C15H19NO/c1-3-16(4-2)15(17)14-11-7-9-12-8-5-6-10-13(12)14/h6-7,9-11H,3-5,8H2,1-2H3. The van der Waals surface area contributed by atoms with Crippen LogP contribution in [0.3, 0.4) is 0 Å². The summed E-state index contributed by atoms with van der Waals surface area (Å²) in [7, 11) is 0. The Morgan fingerprint density at radius 1 is 1.29 bits per heavy atom.